The van der Waals surface area contributed by atoms with Crippen LogP contribution in [0.3, 0.4) is 0 Å². The summed E-state index contributed by atoms with van der Waals surface area (Å²) in [6.45, 7) is 7.86. The van der Waals surface area contributed by atoms with Crippen molar-refractivity contribution >= 4 is 5.82 Å². The standard InChI is InChI=1S/C21H28N6O/c1-4-17(22)11-24-20-7-8-23-21(26-20)18-9-15(5-6-19(18)28)16-10-25-27(13-16)12-14(2)3/h5-10,13-14,17,28H,4,11-12,22H2,1-3H3,(H,23,24,26). The number of hydrogen-bond donors (Lipinski definition) is 3. The predicted molar refractivity (Wildman–Crippen MR) is 112 cm³/mol. The van der Waals surface area contributed by atoms with Gasteiger partial charge in [-0.2, -0.15) is 5.10 Å². The number of hydrogen-bond acceptors (Lipinski definition) is 6. The largest absolute Gasteiger partial charge is 0.507 e. The Morgan fingerprint density at radius 1 is 1.21 bits per heavy atom. The molecule has 0 saturated heterocycles. The van der Waals surface area contributed by atoms with Crippen LogP contribution in [0.25, 0.3) is 22.5 Å². The number of phenolic OH excluding ortho intramolecular Hbond substituents is 1. The second-order valence-electron chi connectivity index (χ2n) is 7.39. The molecule has 148 valence electrons. The van der Waals surface area contributed by atoms with Gasteiger partial charge in [-0.05, 0) is 36.1 Å². The van der Waals surface area contributed by atoms with E-state index in [1.165, 1.54) is 0 Å². The van der Waals surface area contributed by atoms with E-state index in [4.69, 9.17) is 5.73 Å². The quantitative estimate of drug-likeness (QED) is 0.553. The van der Waals surface area contributed by atoms with Crippen LogP contribution < -0.4 is 11.1 Å². The monoisotopic (exact) mass is 380 g/mol. The number of phenols is 1. The minimum Gasteiger partial charge on any atom is -0.507 e. The van der Waals surface area contributed by atoms with Gasteiger partial charge in [0.15, 0.2) is 5.82 Å². The molecule has 0 aliphatic heterocycles. The van der Waals surface area contributed by atoms with E-state index in [0.29, 0.717) is 29.7 Å². The van der Waals surface area contributed by atoms with Gasteiger partial charge in [0.25, 0.3) is 0 Å². The van der Waals surface area contributed by atoms with Crippen molar-refractivity contribution in [2.45, 2.75) is 39.8 Å². The highest BCUT2D eigenvalue weighted by Gasteiger charge is 2.12. The zero-order chi connectivity index (χ0) is 20.1. The average Bonchev–Trinajstić information content (AvgIpc) is 3.14. The molecule has 1 atom stereocenters. The van der Waals surface area contributed by atoms with Crippen molar-refractivity contribution in [3.8, 4) is 28.3 Å². The molecule has 0 radical (unpaired) electrons. The number of nitrogens with two attached hydrogens (primary N) is 1. The SMILES string of the molecule is CCC(N)CNc1ccnc(-c2cc(-c3cnn(CC(C)C)c3)ccc2O)n1. The normalized spacial score (nSPS) is 12.3. The Bertz CT molecular complexity index is 921. The van der Waals surface area contributed by atoms with E-state index in [9.17, 15) is 5.11 Å². The fraction of sp³-hybridized carbons (Fsp3) is 0.381. The van der Waals surface area contributed by atoms with Gasteiger partial charge in [-0.25, -0.2) is 9.97 Å². The van der Waals surface area contributed by atoms with Crippen LogP contribution in [0.4, 0.5) is 5.82 Å². The lowest BCUT2D eigenvalue weighted by Gasteiger charge is -2.12. The molecular weight excluding hydrogens is 352 g/mol. The van der Waals surface area contributed by atoms with Crippen LogP contribution in [-0.2, 0) is 6.54 Å². The molecule has 3 rings (SSSR count). The molecule has 0 aliphatic rings. The summed E-state index contributed by atoms with van der Waals surface area (Å²) in [6.07, 6.45) is 6.41. The van der Waals surface area contributed by atoms with Gasteiger partial charge >= 0.3 is 0 Å². The molecule has 2 aromatic heterocycles. The molecule has 1 unspecified atom stereocenters. The molecule has 7 nitrogen and oxygen atoms in total. The maximum Gasteiger partial charge on any atom is 0.165 e. The summed E-state index contributed by atoms with van der Waals surface area (Å²) in [7, 11) is 0. The molecule has 0 aliphatic carbocycles. The summed E-state index contributed by atoms with van der Waals surface area (Å²) in [5.41, 5.74) is 8.48. The Labute approximate surface area is 165 Å². The molecular formula is C21H28N6O. The van der Waals surface area contributed by atoms with Crippen LogP contribution in [0, 0.1) is 5.92 Å². The van der Waals surface area contributed by atoms with Gasteiger partial charge in [-0.15, -0.1) is 0 Å². The summed E-state index contributed by atoms with van der Waals surface area (Å²) in [4.78, 5) is 8.86. The highest BCUT2D eigenvalue weighted by atomic mass is 16.3. The molecule has 0 bridgehead atoms. The third-order valence-electron chi connectivity index (χ3n) is 4.48. The minimum atomic E-state index is 0.0671. The van der Waals surface area contributed by atoms with Gasteiger partial charge in [0.05, 0.1) is 11.8 Å². The van der Waals surface area contributed by atoms with Crippen molar-refractivity contribution in [1.29, 1.82) is 0 Å². The molecule has 1 aromatic carbocycles. The Balaban J connectivity index is 1.86. The summed E-state index contributed by atoms with van der Waals surface area (Å²) >= 11 is 0. The van der Waals surface area contributed by atoms with Gasteiger partial charge in [-0.3, -0.25) is 4.68 Å². The van der Waals surface area contributed by atoms with E-state index in [2.05, 4.69) is 34.2 Å². The number of benzene rings is 1. The van der Waals surface area contributed by atoms with Crippen LogP contribution in [0.15, 0.2) is 42.9 Å². The predicted octanol–water partition coefficient (Wildman–Crippen LogP) is 3.52. The smallest absolute Gasteiger partial charge is 0.165 e. The van der Waals surface area contributed by atoms with Crippen LogP contribution in [0.5, 0.6) is 5.75 Å². The fourth-order valence-corrected chi connectivity index (χ4v) is 2.85. The lowest BCUT2D eigenvalue weighted by Crippen LogP contribution is -2.28. The first-order valence-electron chi connectivity index (χ1n) is 9.65. The third-order valence-corrected chi connectivity index (χ3v) is 4.48. The third kappa shape index (κ3) is 4.86. The molecule has 2 heterocycles. The maximum absolute atomic E-state index is 10.4. The number of rotatable bonds is 8. The lowest BCUT2D eigenvalue weighted by atomic mass is 10.0. The van der Waals surface area contributed by atoms with Crippen LogP contribution in [0.2, 0.25) is 0 Å². The summed E-state index contributed by atoms with van der Waals surface area (Å²) in [5, 5.41) is 18.0. The van der Waals surface area contributed by atoms with E-state index in [1.54, 1.807) is 18.3 Å². The molecule has 7 heteroatoms. The van der Waals surface area contributed by atoms with E-state index in [-0.39, 0.29) is 11.8 Å². The Morgan fingerprint density at radius 3 is 2.79 bits per heavy atom. The van der Waals surface area contributed by atoms with Gasteiger partial charge in [-0.1, -0.05) is 26.8 Å². The van der Waals surface area contributed by atoms with Gasteiger partial charge < -0.3 is 16.2 Å². The number of aromatic hydroxyl groups is 1. The van der Waals surface area contributed by atoms with Gasteiger partial charge in [0.1, 0.15) is 11.6 Å². The summed E-state index contributed by atoms with van der Waals surface area (Å²) in [6, 6.07) is 7.29. The molecule has 0 amide bonds. The van der Waals surface area contributed by atoms with Crippen LogP contribution >= 0.6 is 0 Å². The average molecular weight is 380 g/mol. The first kappa shape index (κ1) is 19.8. The molecule has 0 fully saturated rings. The van der Waals surface area contributed by atoms with Crippen LogP contribution in [0.1, 0.15) is 27.2 Å². The van der Waals surface area contributed by atoms with E-state index < -0.39 is 0 Å². The van der Waals surface area contributed by atoms with Crippen molar-refractivity contribution < 1.29 is 5.11 Å². The second kappa shape index (κ2) is 8.84. The van der Waals surface area contributed by atoms with Crippen molar-refractivity contribution in [2.75, 3.05) is 11.9 Å². The van der Waals surface area contributed by atoms with Crippen molar-refractivity contribution in [3.63, 3.8) is 0 Å². The van der Waals surface area contributed by atoms with Crippen molar-refractivity contribution in [1.82, 2.24) is 19.7 Å². The highest BCUT2D eigenvalue weighted by Crippen LogP contribution is 2.32. The van der Waals surface area contributed by atoms with Gasteiger partial charge in [0.2, 0.25) is 0 Å². The van der Waals surface area contributed by atoms with E-state index >= 15 is 0 Å². The second-order valence-corrected chi connectivity index (χ2v) is 7.39. The zero-order valence-corrected chi connectivity index (χ0v) is 16.6. The number of nitrogens with one attached hydrogen (secondary N) is 1. The van der Waals surface area contributed by atoms with E-state index in [0.717, 1.165) is 24.1 Å². The molecule has 28 heavy (non-hydrogen) atoms. The Morgan fingerprint density at radius 2 is 2.04 bits per heavy atom. The first-order chi connectivity index (χ1) is 13.5. The number of aromatic nitrogens is 4. The van der Waals surface area contributed by atoms with Crippen LogP contribution in [-0.4, -0.2) is 37.4 Å². The molecule has 3 aromatic rings. The van der Waals surface area contributed by atoms with Crippen molar-refractivity contribution in [3.05, 3.63) is 42.9 Å². The Hall–Kier alpha value is -2.93. The molecule has 0 spiro atoms. The van der Waals surface area contributed by atoms with Gasteiger partial charge in [0, 0.05) is 37.1 Å². The van der Waals surface area contributed by atoms with Crippen molar-refractivity contribution in [2.24, 2.45) is 11.7 Å². The first-order valence-corrected chi connectivity index (χ1v) is 9.65. The topological polar surface area (TPSA) is 102 Å². The molecule has 4 N–H and O–H groups in total. The lowest BCUT2D eigenvalue weighted by molar-refractivity contribution is 0.477. The summed E-state index contributed by atoms with van der Waals surface area (Å²) in [5.74, 6) is 1.81. The minimum absolute atomic E-state index is 0.0671. The molecule has 0 saturated carbocycles. The summed E-state index contributed by atoms with van der Waals surface area (Å²) < 4.78 is 1.94. The maximum atomic E-state index is 10.4. The fourth-order valence-electron chi connectivity index (χ4n) is 2.85. The highest BCUT2D eigenvalue weighted by molar-refractivity contribution is 5.74. The van der Waals surface area contributed by atoms with E-state index in [1.807, 2.05) is 36.1 Å². The number of anilines is 1. The Kier molecular flexibility index (Phi) is 6.26. The number of nitrogens with zero attached hydrogens (tertiary/aromatic N) is 4. The zero-order valence-electron chi connectivity index (χ0n) is 16.6.